The number of benzene rings is 11. The minimum Gasteiger partial charge on any atom is -0.309 e. The van der Waals surface area contributed by atoms with Gasteiger partial charge in [-0.05, 0) is 206 Å². The van der Waals surface area contributed by atoms with E-state index < -0.39 is 0 Å². The van der Waals surface area contributed by atoms with Crippen LogP contribution in [-0.4, -0.2) is 0 Å². The van der Waals surface area contributed by atoms with E-state index in [-0.39, 0.29) is 48.7 Å². The molecule has 0 bridgehead atoms. The van der Waals surface area contributed by atoms with Gasteiger partial charge in [0.15, 0.2) is 0 Å². The first-order valence-electron chi connectivity index (χ1n) is 35.6. The lowest BCUT2D eigenvalue weighted by Crippen LogP contribution is -2.44. The van der Waals surface area contributed by atoms with Gasteiger partial charge in [-0.2, -0.15) is 0 Å². The molecule has 0 saturated heterocycles. The molecule has 0 aromatic heterocycles. The molecule has 0 amide bonds. The highest BCUT2D eigenvalue weighted by Gasteiger charge is 2.57. The molecule has 9 aliphatic rings. The van der Waals surface area contributed by atoms with E-state index in [4.69, 9.17) is 0 Å². The van der Waals surface area contributed by atoms with Crippen molar-refractivity contribution in [2.45, 2.75) is 173 Å². The van der Waals surface area contributed by atoms with Crippen LogP contribution in [0.5, 0.6) is 0 Å². The molecule has 11 aromatic carbocycles. The predicted octanol–water partition coefficient (Wildman–Crippen LogP) is 26.1. The van der Waals surface area contributed by atoms with Crippen molar-refractivity contribution in [3.63, 3.8) is 0 Å². The fourth-order valence-electron chi connectivity index (χ4n) is 20.5. The first-order chi connectivity index (χ1) is 46.2. The highest BCUT2D eigenvalue weighted by molar-refractivity contribution is 9.10. The van der Waals surface area contributed by atoms with Crippen molar-refractivity contribution in [3.05, 3.63) is 297 Å². The molecule has 11 aromatic rings. The maximum atomic E-state index is 3.84. The molecule has 9 heterocycles. The number of para-hydroxylation sites is 3. The molecule has 0 unspecified atom stereocenters. The number of anilines is 9. The maximum absolute atomic E-state index is 3.84. The van der Waals surface area contributed by atoms with E-state index >= 15 is 0 Å². The first-order valence-corrected chi connectivity index (χ1v) is 37.2. The molecule has 0 atom stereocenters. The van der Waals surface area contributed by atoms with Crippen LogP contribution in [0.3, 0.4) is 0 Å². The van der Waals surface area contributed by atoms with Crippen LogP contribution in [0.4, 0.5) is 51.2 Å². The average molecular weight is 1400 g/mol. The van der Waals surface area contributed by atoms with Gasteiger partial charge >= 0.3 is 0 Å². The second-order valence-electron chi connectivity index (χ2n) is 34.8. The molecular weight excluding hydrogens is 1320 g/mol. The van der Waals surface area contributed by atoms with Crippen LogP contribution in [0.1, 0.15) is 225 Å². The van der Waals surface area contributed by atoms with Crippen molar-refractivity contribution in [1.82, 2.24) is 0 Å². The van der Waals surface area contributed by atoms with E-state index in [9.17, 15) is 0 Å². The summed E-state index contributed by atoms with van der Waals surface area (Å²) >= 11 is 7.68. The quantitative estimate of drug-likeness (QED) is 0.175. The number of rotatable bonds is 3. The topological polar surface area (TPSA) is 9.72 Å². The Hall–Kier alpha value is -8.22. The Balaban J connectivity index is 0.000000186. The molecule has 5 heteroatoms. The summed E-state index contributed by atoms with van der Waals surface area (Å²) in [5, 5.41) is 0. The van der Waals surface area contributed by atoms with Crippen LogP contribution in [0.25, 0.3) is 33.4 Å². The summed E-state index contributed by atoms with van der Waals surface area (Å²) in [4.78, 5) is 8.03. The van der Waals surface area contributed by atoms with Crippen molar-refractivity contribution < 1.29 is 0 Å². The Morgan fingerprint density at radius 2 is 0.327 bits per heavy atom. The van der Waals surface area contributed by atoms with Gasteiger partial charge in [-0.25, -0.2) is 0 Å². The first kappa shape index (κ1) is 60.9. The van der Waals surface area contributed by atoms with Gasteiger partial charge in [0.25, 0.3) is 0 Å². The Kier molecular flexibility index (Phi) is 11.7. The fourth-order valence-corrected chi connectivity index (χ4v) is 21.4. The van der Waals surface area contributed by atoms with E-state index in [2.05, 4.69) is 359 Å². The molecule has 9 aliphatic heterocycles. The number of nitrogens with zero attached hydrogens (tertiary/aromatic N) is 3. The molecule has 0 saturated carbocycles. The van der Waals surface area contributed by atoms with Gasteiger partial charge < -0.3 is 14.7 Å². The standard InChI is InChI=1S/C66H60N2.C27H25Br2N/c1-61(2)43-25-19-27-45-55(43)67-57-47(61)29-39(37-21-15-13-16-22-37)31-51(57)65(9,10)53-35-41(33-49(59(53)67)63(45,5)6)42-34-50-60-54(36-42)66(11,12)52-32-40(38-23-17-14-18-24-38)30-48-58(52)68(60)56-44(62(48,3)4)26-20-28-46(56)64(50,7)8;1-25(2)16-8-7-9-17-22(16)30-23-18(25)10-14(28)12-20(23)27(5,6)21-13-15(29)11-19(24(21)30)26(17,3)4/h13-36H,1-12H3;7-13H,1-6H3. The molecular formula is C93H85Br2N3. The third-order valence-corrected chi connectivity index (χ3v) is 27.3. The molecule has 0 fully saturated rings. The monoisotopic (exact) mass is 1400 g/mol. The molecule has 0 aliphatic carbocycles. The average Bonchev–Trinajstić information content (AvgIpc) is 0.677. The van der Waals surface area contributed by atoms with Gasteiger partial charge in [0.1, 0.15) is 0 Å². The van der Waals surface area contributed by atoms with Gasteiger partial charge in [-0.3, -0.25) is 0 Å². The predicted molar refractivity (Wildman–Crippen MR) is 418 cm³/mol. The number of halogens is 2. The lowest BCUT2D eigenvalue weighted by Gasteiger charge is -2.55. The molecule has 20 rings (SSSR count). The smallest absolute Gasteiger partial charge is 0.0544 e. The van der Waals surface area contributed by atoms with Crippen LogP contribution in [0, 0.1) is 0 Å². The third kappa shape index (κ3) is 7.26. The van der Waals surface area contributed by atoms with E-state index in [1.165, 1.54) is 185 Å². The van der Waals surface area contributed by atoms with E-state index in [0.29, 0.717) is 0 Å². The van der Waals surface area contributed by atoms with Crippen LogP contribution < -0.4 is 14.7 Å². The van der Waals surface area contributed by atoms with Crippen molar-refractivity contribution in [1.29, 1.82) is 0 Å². The maximum Gasteiger partial charge on any atom is 0.0544 e. The molecule has 0 N–H and O–H groups in total. The summed E-state index contributed by atoms with van der Waals surface area (Å²) in [5.74, 6) is 0. The summed E-state index contributed by atoms with van der Waals surface area (Å²) in [6.07, 6.45) is 0. The van der Waals surface area contributed by atoms with Crippen LogP contribution >= 0.6 is 31.9 Å². The molecule has 98 heavy (non-hydrogen) atoms. The van der Waals surface area contributed by atoms with Crippen LogP contribution in [0.2, 0.25) is 0 Å². The Bertz CT molecular complexity index is 5180. The minimum atomic E-state index is -0.290. The minimum absolute atomic E-state index is 0.0633. The number of hydrogen-bond donors (Lipinski definition) is 0. The Morgan fingerprint density at radius 3 is 0.520 bits per heavy atom. The Morgan fingerprint density at radius 1 is 0.173 bits per heavy atom. The van der Waals surface area contributed by atoms with Gasteiger partial charge in [-0.1, -0.05) is 272 Å². The van der Waals surface area contributed by atoms with Gasteiger partial charge in [-0.15, -0.1) is 0 Å². The zero-order valence-electron chi connectivity index (χ0n) is 60.0. The van der Waals surface area contributed by atoms with Crippen LogP contribution in [-0.2, 0) is 48.7 Å². The third-order valence-electron chi connectivity index (χ3n) is 26.4. The van der Waals surface area contributed by atoms with Gasteiger partial charge in [0.05, 0.1) is 51.2 Å². The van der Waals surface area contributed by atoms with Crippen molar-refractivity contribution >= 4 is 83.0 Å². The molecule has 0 radical (unpaired) electrons. The molecule has 0 spiro atoms. The zero-order chi connectivity index (χ0) is 68.4. The Labute approximate surface area is 597 Å². The van der Waals surface area contributed by atoms with E-state index in [0.717, 1.165) is 8.95 Å². The van der Waals surface area contributed by atoms with E-state index in [1.807, 2.05) is 0 Å². The summed E-state index contributed by atoms with van der Waals surface area (Å²) < 4.78 is 2.32. The second kappa shape index (κ2) is 18.8. The van der Waals surface area contributed by atoms with Gasteiger partial charge in [0.2, 0.25) is 0 Å². The summed E-state index contributed by atoms with van der Waals surface area (Å²) in [5.41, 5.74) is 43.9. The van der Waals surface area contributed by atoms with Gasteiger partial charge in [0, 0.05) is 57.7 Å². The zero-order valence-corrected chi connectivity index (χ0v) is 63.2. The normalized spacial score (nSPS) is 19.5. The van der Waals surface area contributed by atoms with Crippen molar-refractivity contribution in [3.8, 4) is 33.4 Å². The highest BCUT2D eigenvalue weighted by atomic mass is 79.9. The number of hydrogen-bond acceptors (Lipinski definition) is 3. The lowest BCUT2D eigenvalue weighted by molar-refractivity contribution is 0.565. The molecule has 3 nitrogen and oxygen atoms in total. The lowest BCUT2D eigenvalue weighted by atomic mass is 9.59. The van der Waals surface area contributed by atoms with Crippen molar-refractivity contribution in [2.24, 2.45) is 0 Å². The SMILES string of the molecule is CC1(C)c2cccc3c2N2c4c1cc(-c1ccccc1)cc4C(C)(C)c1cc(-c4cc5c6c(c4)C(C)(C)c4cc(-c7ccccc7)cc7c4N6c4c(cccc4C5(C)C)C7(C)C)cc(c12)C3(C)C.CC1(C)c2cccc3c2N2c4c1cc(Br)cc4C(C)(C)c1cc(Br)cc(c12)C3(C)C. The second-order valence-corrected chi connectivity index (χ2v) is 36.7. The highest BCUT2D eigenvalue weighted by Crippen LogP contribution is 2.72. The summed E-state index contributed by atoms with van der Waals surface area (Å²) in [6.45, 7) is 44.0. The fraction of sp³-hybridized carbons (Fsp3) is 0.290. The largest absolute Gasteiger partial charge is 0.309 e. The summed E-state index contributed by atoms with van der Waals surface area (Å²) in [7, 11) is 0. The van der Waals surface area contributed by atoms with Crippen molar-refractivity contribution in [2.75, 3.05) is 14.7 Å². The van der Waals surface area contributed by atoms with E-state index in [1.54, 1.807) is 0 Å². The summed E-state index contributed by atoms with van der Waals surface area (Å²) in [6, 6.07) is 73.1. The molecule has 486 valence electrons. The van der Waals surface area contributed by atoms with Crippen LogP contribution in [0.15, 0.2) is 197 Å².